The zero-order valence-corrected chi connectivity index (χ0v) is 20.1. The Kier molecular flexibility index (Phi) is 6.99. The van der Waals surface area contributed by atoms with Crippen molar-refractivity contribution in [2.45, 2.75) is 18.8 Å². The van der Waals surface area contributed by atoms with Gasteiger partial charge >= 0.3 is 5.97 Å². The highest BCUT2D eigenvalue weighted by atomic mass is 35.5. The molecule has 178 valence electrons. The van der Waals surface area contributed by atoms with Crippen LogP contribution in [0.2, 0.25) is 5.02 Å². The van der Waals surface area contributed by atoms with Crippen LogP contribution >= 0.6 is 22.9 Å². The third-order valence-corrected chi connectivity index (χ3v) is 7.04. The van der Waals surface area contributed by atoms with E-state index in [1.807, 2.05) is 0 Å². The average molecular weight is 505 g/mol. The van der Waals surface area contributed by atoms with Crippen LogP contribution in [0, 0.1) is 5.82 Å². The van der Waals surface area contributed by atoms with E-state index in [2.05, 4.69) is 10.3 Å². The van der Waals surface area contributed by atoms with Gasteiger partial charge in [0.2, 0.25) is 0 Å². The van der Waals surface area contributed by atoms with E-state index >= 15 is 0 Å². The summed E-state index contributed by atoms with van der Waals surface area (Å²) in [5, 5.41) is 5.33. The average Bonchev–Trinajstić information content (AvgIpc) is 3.45. The number of aryl methyl sites for hydroxylation is 1. The number of halogens is 2. The molecule has 1 saturated heterocycles. The topological polar surface area (TPSA) is 93.5 Å². The minimum atomic E-state index is -0.632. The van der Waals surface area contributed by atoms with Gasteiger partial charge in [0.15, 0.2) is 0 Å². The van der Waals surface area contributed by atoms with Crippen LogP contribution in [-0.2, 0) is 11.8 Å². The van der Waals surface area contributed by atoms with E-state index in [0.717, 1.165) is 5.01 Å². The summed E-state index contributed by atoms with van der Waals surface area (Å²) in [4.78, 5) is 43.2. The molecule has 2 aromatic heterocycles. The van der Waals surface area contributed by atoms with Gasteiger partial charge in [0.25, 0.3) is 11.8 Å². The molecule has 1 fully saturated rings. The molecule has 1 aromatic carbocycles. The number of amides is 2. The van der Waals surface area contributed by atoms with E-state index in [-0.39, 0.29) is 28.1 Å². The third-order valence-electron chi connectivity index (χ3n) is 5.72. The van der Waals surface area contributed by atoms with Crippen molar-refractivity contribution in [1.29, 1.82) is 0 Å². The summed E-state index contributed by atoms with van der Waals surface area (Å²) in [6.45, 7) is 0.880. The second-order valence-corrected chi connectivity index (χ2v) is 9.20. The molecule has 3 heterocycles. The molecular weight excluding hydrogens is 483 g/mol. The highest BCUT2D eigenvalue weighted by molar-refractivity contribution is 7.10. The Bertz CT molecular complexity index is 1230. The SMILES string of the molecule is COC(=O)c1cc(NC(=O)c2csc(C3CCN(C(=O)c4c(F)cccc4Cl)CC3)n2)cn1C. The lowest BCUT2D eigenvalue weighted by atomic mass is 9.97. The molecule has 0 aliphatic carbocycles. The van der Waals surface area contributed by atoms with Gasteiger partial charge < -0.3 is 19.5 Å². The first-order valence-electron chi connectivity index (χ1n) is 10.5. The number of hydrogen-bond donors (Lipinski definition) is 1. The third kappa shape index (κ3) is 4.83. The maximum Gasteiger partial charge on any atom is 0.354 e. The summed E-state index contributed by atoms with van der Waals surface area (Å²) in [5.74, 6) is -1.84. The van der Waals surface area contributed by atoms with Gasteiger partial charge in [-0.05, 0) is 31.0 Å². The molecule has 34 heavy (non-hydrogen) atoms. The van der Waals surface area contributed by atoms with Crippen LogP contribution in [0.5, 0.6) is 0 Å². The number of esters is 1. The van der Waals surface area contributed by atoms with Crippen molar-refractivity contribution < 1.29 is 23.5 Å². The minimum absolute atomic E-state index is 0.0920. The fraction of sp³-hybridized carbons (Fsp3) is 0.304. The molecule has 1 N–H and O–H groups in total. The summed E-state index contributed by atoms with van der Waals surface area (Å²) in [5.41, 5.74) is 0.947. The Hall–Kier alpha value is -3.24. The Labute approximate surface area is 204 Å². The molecule has 2 amide bonds. The molecule has 1 aliphatic heterocycles. The number of piperidine rings is 1. The van der Waals surface area contributed by atoms with Crippen molar-refractivity contribution in [3.05, 3.63) is 68.6 Å². The van der Waals surface area contributed by atoms with Crippen LogP contribution < -0.4 is 5.32 Å². The number of carbonyl (C=O) groups excluding carboxylic acids is 3. The first-order chi connectivity index (χ1) is 16.3. The molecule has 0 bridgehead atoms. The number of anilines is 1. The fourth-order valence-corrected chi connectivity index (χ4v) is 5.12. The molecule has 11 heteroatoms. The number of nitrogens with one attached hydrogen (secondary N) is 1. The Morgan fingerprint density at radius 2 is 2.00 bits per heavy atom. The number of hydrogen-bond acceptors (Lipinski definition) is 6. The van der Waals surface area contributed by atoms with Crippen molar-refractivity contribution in [2.24, 2.45) is 7.05 Å². The molecular formula is C23H22ClFN4O4S. The van der Waals surface area contributed by atoms with E-state index in [9.17, 15) is 18.8 Å². The summed E-state index contributed by atoms with van der Waals surface area (Å²) >= 11 is 7.42. The molecule has 4 rings (SSSR count). The van der Waals surface area contributed by atoms with Crippen molar-refractivity contribution in [3.63, 3.8) is 0 Å². The largest absolute Gasteiger partial charge is 0.464 e. The maximum absolute atomic E-state index is 14.1. The lowest BCUT2D eigenvalue weighted by Crippen LogP contribution is -2.38. The zero-order valence-electron chi connectivity index (χ0n) is 18.5. The molecule has 0 saturated carbocycles. The maximum atomic E-state index is 14.1. The van der Waals surface area contributed by atoms with Gasteiger partial charge in [-0.25, -0.2) is 14.2 Å². The Morgan fingerprint density at radius 1 is 1.26 bits per heavy atom. The van der Waals surface area contributed by atoms with Gasteiger partial charge in [0, 0.05) is 37.6 Å². The smallest absolute Gasteiger partial charge is 0.354 e. The van der Waals surface area contributed by atoms with Crippen LogP contribution in [-0.4, -0.2) is 52.4 Å². The number of methoxy groups -OCH3 is 1. The lowest BCUT2D eigenvalue weighted by molar-refractivity contribution is 0.0589. The van der Waals surface area contributed by atoms with E-state index < -0.39 is 17.7 Å². The van der Waals surface area contributed by atoms with Gasteiger partial charge in [-0.2, -0.15) is 0 Å². The van der Waals surface area contributed by atoms with Crippen molar-refractivity contribution in [1.82, 2.24) is 14.5 Å². The molecule has 3 aromatic rings. The van der Waals surface area contributed by atoms with Crippen molar-refractivity contribution >= 4 is 46.4 Å². The quantitative estimate of drug-likeness (QED) is 0.522. The second-order valence-electron chi connectivity index (χ2n) is 7.90. The zero-order chi connectivity index (χ0) is 24.4. The van der Waals surface area contributed by atoms with Crippen LogP contribution in [0.4, 0.5) is 10.1 Å². The number of likely N-dealkylation sites (tertiary alicyclic amines) is 1. The second kappa shape index (κ2) is 9.94. The highest BCUT2D eigenvalue weighted by Crippen LogP contribution is 2.32. The molecule has 0 spiro atoms. The number of ether oxygens (including phenoxy) is 1. The van der Waals surface area contributed by atoms with Gasteiger partial charge in [0.1, 0.15) is 17.2 Å². The van der Waals surface area contributed by atoms with Gasteiger partial charge in [-0.15, -0.1) is 11.3 Å². The van der Waals surface area contributed by atoms with E-state index in [0.29, 0.717) is 37.3 Å². The first kappa shape index (κ1) is 23.9. The predicted octanol–water partition coefficient (Wildman–Crippen LogP) is 4.33. The number of carbonyl (C=O) groups is 3. The molecule has 8 nitrogen and oxygen atoms in total. The van der Waals surface area contributed by atoms with E-state index in [1.54, 1.807) is 28.1 Å². The summed E-state index contributed by atoms with van der Waals surface area (Å²) in [7, 11) is 2.97. The predicted molar refractivity (Wildman–Crippen MR) is 126 cm³/mol. The minimum Gasteiger partial charge on any atom is -0.464 e. The first-order valence-corrected chi connectivity index (χ1v) is 11.8. The van der Waals surface area contributed by atoms with Gasteiger partial charge in [-0.1, -0.05) is 17.7 Å². The molecule has 0 atom stereocenters. The highest BCUT2D eigenvalue weighted by Gasteiger charge is 2.29. The Morgan fingerprint density at radius 3 is 2.68 bits per heavy atom. The van der Waals surface area contributed by atoms with Crippen LogP contribution in [0.25, 0.3) is 0 Å². The lowest BCUT2D eigenvalue weighted by Gasteiger charge is -2.31. The fourth-order valence-electron chi connectivity index (χ4n) is 3.90. The normalized spacial score (nSPS) is 14.2. The van der Waals surface area contributed by atoms with Crippen molar-refractivity contribution in [3.8, 4) is 0 Å². The van der Waals surface area contributed by atoms with Crippen LogP contribution in [0.1, 0.15) is 55.1 Å². The standard InChI is InChI=1S/C23H22ClFN4O4S/c1-28-11-14(10-18(28)23(32)33-2)26-20(30)17-12-34-21(27-17)13-6-8-29(9-7-13)22(31)19-15(24)4-3-5-16(19)25/h3-5,10-13H,6-9H2,1-2H3,(H,26,30). The van der Waals surface area contributed by atoms with Crippen molar-refractivity contribution in [2.75, 3.05) is 25.5 Å². The van der Waals surface area contributed by atoms with Gasteiger partial charge in [0.05, 0.1) is 28.4 Å². The van der Waals surface area contributed by atoms with Crippen LogP contribution in [0.15, 0.2) is 35.8 Å². The number of thiazole rings is 1. The number of benzene rings is 1. The van der Waals surface area contributed by atoms with E-state index in [1.165, 1.54) is 42.7 Å². The summed E-state index contributed by atoms with van der Waals surface area (Å²) < 4.78 is 20.4. The molecule has 1 aliphatic rings. The molecule has 0 unspecified atom stereocenters. The monoisotopic (exact) mass is 504 g/mol. The van der Waals surface area contributed by atoms with Gasteiger partial charge in [-0.3, -0.25) is 9.59 Å². The Balaban J connectivity index is 1.37. The number of aromatic nitrogens is 2. The summed E-state index contributed by atoms with van der Waals surface area (Å²) in [6, 6.07) is 5.72. The van der Waals surface area contributed by atoms with E-state index in [4.69, 9.17) is 16.3 Å². The molecule has 0 radical (unpaired) electrons. The summed E-state index contributed by atoms with van der Waals surface area (Å²) in [6.07, 6.45) is 2.91. The number of nitrogens with zero attached hydrogens (tertiary/aromatic N) is 3. The number of rotatable bonds is 5. The van der Waals surface area contributed by atoms with Crippen LogP contribution in [0.3, 0.4) is 0 Å².